The van der Waals surface area contributed by atoms with Gasteiger partial charge in [0.05, 0.1) is 6.61 Å². The minimum atomic E-state index is -0.767. The van der Waals surface area contributed by atoms with E-state index in [-0.39, 0.29) is 12.2 Å². The van der Waals surface area contributed by atoms with Crippen LogP contribution >= 0.6 is 0 Å². The fourth-order valence-electron chi connectivity index (χ4n) is 1.58. The molecule has 0 aromatic carbocycles. The highest BCUT2D eigenvalue weighted by Gasteiger charge is 2.10. The summed E-state index contributed by atoms with van der Waals surface area (Å²) in [5.41, 5.74) is 0. The second kappa shape index (κ2) is 8.15. The van der Waals surface area contributed by atoms with Crippen LogP contribution in [0.2, 0.25) is 0 Å². The molecule has 0 bridgehead atoms. The lowest BCUT2D eigenvalue weighted by Crippen LogP contribution is -2.06. The molecule has 0 heterocycles. The molecule has 4 heteroatoms. The summed E-state index contributed by atoms with van der Waals surface area (Å²) in [6.45, 7) is 2.02. The number of unbranched alkanes of at least 4 members (excludes halogenated alkanes) is 2. The molecule has 0 aromatic rings. The van der Waals surface area contributed by atoms with Crippen molar-refractivity contribution in [2.24, 2.45) is 5.92 Å². The van der Waals surface area contributed by atoms with Crippen LogP contribution in [0.4, 0.5) is 0 Å². The summed E-state index contributed by atoms with van der Waals surface area (Å²) in [6, 6.07) is 0. The van der Waals surface area contributed by atoms with E-state index in [1.807, 2.05) is 0 Å². The molecule has 1 N–H and O–H groups in total. The third-order valence-electron chi connectivity index (χ3n) is 2.64. The number of hydrogen-bond donors (Lipinski definition) is 1. The predicted molar refractivity (Wildman–Crippen MR) is 71.2 cm³/mol. The van der Waals surface area contributed by atoms with E-state index in [1.54, 1.807) is 18.2 Å². The number of carbonyl (C=O) groups excluding carboxylic acids is 1. The summed E-state index contributed by atoms with van der Waals surface area (Å²) in [5.74, 6) is 5.07. The zero-order chi connectivity index (χ0) is 14.1. The van der Waals surface area contributed by atoms with Gasteiger partial charge in [0.2, 0.25) is 0 Å². The van der Waals surface area contributed by atoms with Gasteiger partial charge in [-0.25, -0.2) is 0 Å². The third-order valence-corrected chi connectivity index (χ3v) is 2.64. The molecule has 4 nitrogen and oxygen atoms in total. The van der Waals surface area contributed by atoms with Crippen molar-refractivity contribution in [2.75, 3.05) is 6.61 Å². The molecule has 1 atom stereocenters. The van der Waals surface area contributed by atoms with Crippen molar-refractivity contribution in [3.05, 3.63) is 24.0 Å². The Balaban J connectivity index is 2.28. The van der Waals surface area contributed by atoms with Crippen LogP contribution in [-0.4, -0.2) is 23.5 Å². The van der Waals surface area contributed by atoms with Gasteiger partial charge in [0, 0.05) is 6.42 Å². The molecule has 1 aliphatic carbocycles. The van der Waals surface area contributed by atoms with Crippen molar-refractivity contribution in [1.29, 1.82) is 0 Å². The molecule has 102 valence electrons. The van der Waals surface area contributed by atoms with Crippen LogP contribution in [0.1, 0.15) is 32.6 Å². The van der Waals surface area contributed by atoms with Gasteiger partial charge in [-0.3, -0.25) is 9.59 Å². The van der Waals surface area contributed by atoms with E-state index in [2.05, 4.69) is 11.8 Å². The highest BCUT2D eigenvalue weighted by atomic mass is 16.5. The molecule has 0 saturated heterocycles. The van der Waals surface area contributed by atoms with Gasteiger partial charge in [0.25, 0.3) is 0 Å². The van der Waals surface area contributed by atoms with Crippen LogP contribution in [-0.2, 0) is 14.3 Å². The van der Waals surface area contributed by atoms with Gasteiger partial charge >= 0.3 is 5.97 Å². The number of hydrogen-bond acceptors (Lipinski definition) is 3. The Labute approximate surface area is 113 Å². The fraction of sp³-hybridized carbons (Fsp3) is 0.467. The van der Waals surface area contributed by atoms with E-state index < -0.39 is 11.9 Å². The minimum Gasteiger partial charge on any atom is -0.494 e. The Kier molecular flexibility index (Phi) is 6.45. The molecular formula is C15H18O4. The number of ether oxygens (including phenoxy) is 1. The standard InChI is InChI=1S/C15H18O4/c1-12(16)13-7-4-5-8-14(11-13)19-10-6-2-3-9-15(17)18/h5,8,11,13H,2-3,6,9-10H2,1H3,(H,17,18). The first-order chi connectivity index (χ1) is 9.09. The molecular weight excluding hydrogens is 244 g/mol. The van der Waals surface area contributed by atoms with Crippen molar-refractivity contribution in [1.82, 2.24) is 0 Å². The Morgan fingerprint density at radius 3 is 2.84 bits per heavy atom. The SMILES string of the molecule is CC(=O)C1C#CC=CC(OCCCCCC(=O)O)=C1. The average molecular weight is 262 g/mol. The number of carboxylic acids is 1. The summed E-state index contributed by atoms with van der Waals surface area (Å²) in [4.78, 5) is 21.6. The monoisotopic (exact) mass is 262 g/mol. The van der Waals surface area contributed by atoms with E-state index in [0.29, 0.717) is 18.8 Å². The Morgan fingerprint density at radius 1 is 1.37 bits per heavy atom. The molecule has 1 rings (SSSR count). The lowest BCUT2D eigenvalue weighted by atomic mass is 10.1. The van der Waals surface area contributed by atoms with Crippen LogP contribution in [0.15, 0.2) is 24.0 Å². The van der Waals surface area contributed by atoms with Crippen LogP contribution in [0, 0.1) is 17.8 Å². The van der Waals surface area contributed by atoms with Crippen molar-refractivity contribution in [3.63, 3.8) is 0 Å². The molecule has 0 radical (unpaired) electrons. The first-order valence-electron chi connectivity index (χ1n) is 6.34. The number of allylic oxidation sites excluding steroid dienone is 3. The number of carboxylic acid groups (broad SMARTS) is 1. The van der Waals surface area contributed by atoms with Gasteiger partial charge < -0.3 is 9.84 Å². The zero-order valence-electron chi connectivity index (χ0n) is 11.0. The summed E-state index contributed by atoms with van der Waals surface area (Å²) >= 11 is 0. The van der Waals surface area contributed by atoms with Crippen molar-refractivity contribution in [2.45, 2.75) is 32.6 Å². The van der Waals surface area contributed by atoms with E-state index >= 15 is 0 Å². The lowest BCUT2D eigenvalue weighted by molar-refractivity contribution is -0.137. The first-order valence-corrected chi connectivity index (χ1v) is 6.34. The van der Waals surface area contributed by atoms with E-state index in [9.17, 15) is 9.59 Å². The molecule has 1 unspecified atom stereocenters. The maximum atomic E-state index is 11.3. The van der Waals surface area contributed by atoms with Crippen LogP contribution in [0.5, 0.6) is 0 Å². The highest BCUT2D eigenvalue weighted by Crippen LogP contribution is 2.11. The maximum absolute atomic E-state index is 11.3. The molecule has 1 aliphatic rings. The van der Waals surface area contributed by atoms with Crippen molar-refractivity contribution >= 4 is 11.8 Å². The maximum Gasteiger partial charge on any atom is 0.303 e. The van der Waals surface area contributed by atoms with Gasteiger partial charge in [0.1, 0.15) is 17.5 Å². The van der Waals surface area contributed by atoms with Gasteiger partial charge in [-0.15, -0.1) is 0 Å². The molecule has 0 amide bonds. The van der Waals surface area contributed by atoms with Crippen molar-refractivity contribution in [3.8, 4) is 11.8 Å². The number of Topliss-reactive ketones (excluding diaryl/α,β-unsaturated/α-hetero) is 1. The fourth-order valence-corrected chi connectivity index (χ4v) is 1.58. The van der Waals surface area contributed by atoms with Gasteiger partial charge in [-0.2, -0.15) is 0 Å². The third kappa shape index (κ3) is 6.46. The Morgan fingerprint density at radius 2 is 2.16 bits per heavy atom. The minimum absolute atomic E-state index is 0.00115. The van der Waals surface area contributed by atoms with Crippen LogP contribution < -0.4 is 0 Å². The van der Waals surface area contributed by atoms with E-state index in [4.69, 9.17) is 9.84 Å². The van der Waals surface area contributed by atoms with Crippen LogP contribution in [0.25, 0.3) is 0 Å². The van der Waals surface area contributed by atoms with Gasteiger partial charge in [-0.05, 0) is 44.4 Å². The molecule has 0 aliphatic heterocycles. The normalized spacial score (nSPS) is 16.9. The number of ketones is 1. The van der Waals surface area contributed by atoms with Gasteiger partial charge in [-0.1, -0.05) is 11.8 Å². The van der Waals surface area contributed by atoms with Crippen LogP contribution in [0.3, 0.4) is 0 Å². The second-order valence-electron chi connectivity index (χ2n) is 4.33. The lowest BCUT2D eigenvalue weighted by Gasteiger charge is -2.07. The molecule has 0 fully saturated rings. The van der Waals surface area contributed by atoms with Crippen molar-refractivity contribution < 1.29 is 19.4 Å². The topological polar surface area (TPSA) is 63.6 Å². The van der Waals surface area contributed by atoms with E-state index in [0.717, 1.165) is 12.8 Å². The molecule has 19 heavy (non-hydrogen) atoms. The second-order valence-corrected chi connectivity index (χ2v) is 4.33. The first kappa shape index (κ1) is 15.0. The predicted octanol–water partition coefficient (Wildman–Crippen LogP) is 2.31. The van der Waals surface area contributed by atoms with Gasteiger partial charge in [0.15, 0.2) is 0 Å². The highest BCUT2D eigenvalue weighted by molar-refractivity contribution is 5.83. The molecule has 0 spiro atoms. The smallest absolute Gasteiger partial charge is 0.303 e. The average Bonchev–Trinajstić information content (AvgIpc) is 2.59. The number of rotatable bonds is 8. The quantitative estimate of drug-likeness (QED) is 0.538. The Bertz CT molecular complexity index is 449. The molecule has 0 saturated carbocycles. The summed E-state index contributed by atoms with van der Waals surface area (Å²) in [6.07, 6.45) is 7.60. The number of carbonyl (C=O) groups is 2. The van der Waals surface area contributed by atoms with E-state index in [1.165, 1.54) is 6.92 Å². The summed E-state index contributed by atoms with van der Waals surface area (Å²) in [7, 11) is 0. The summed E-state index contributed by atoms with van der Waals surface area (Å²) < 4.78 is 5.55. The largest absolute Gasteiger partial charge is 0.494 e. The Hall–Kier alpha value is -2.02. The number of aliphatic carboxylic acids is 1. The molecule has 0 aromatic heterocycles. The summed E-state index contributed by atoms with van der Waals surface area (Å²) in [5, 5.41) is 8.49. The zero-order valence-corrected chi connectivity index (χ0v) is 11.0.